The molecule has 0 aromatic heterocycles. The van der Waals surface area contributed by atoms with E-state index in [-0.39, 0.29) is 17.6 Å². The summed E-state index contributed by atoms with van der Waals surface area (Å²) in [5, 5.41) is 0. The molecule has 0 radical (unpaired) electrons. The first-order valence-electron chi connectivity index (χ1n) is 6.03. The van der Waals surface area contributed by atoms with Crippen molar-refractivity contribution in [1.82, 2.24) is 0 Å². The highest BCUT2D eigenvalue weighted by atomic mass is 19.1. The van der Waals surface area contributed by atoms with Crippen molar-refractivity contribution < 1.29 is 14.1 Å². The predicted molar refractivity (Wildman–Crippen MR) is 62.7 cm³/mol. The summed E-state index contributed by atoms with van der Waals surface area (Å²) in [4.78, 5) is 12.4. The van der Waals surface area contributed by atoms with Gasteiger partial charge in [-0.25, -0.2) is 4.39 Å². The van der Waals surface area contributed by atoms with E-state index in [9.17, 15) is 9.18 Å². The Labute approximate surface area is 100 Å². The van der Waals surface area contributed by atoms with E-state index in [4.69, 9.17) is 5.73 Å². The van der Waals surface area contributed by atoms with Gasteiger partial charge in [0, 0.05) is 5.56 Å². The monoisotopic (exact) mass is 237 g/mol. The second-order valence-corrected chi connectivity index (χ2v) is 4.71. The highest BCUT2D eigenvalue weighted by Crippen LogP contribution is 2.08. The molecular weight excluding hydrogens is 219 g/mol. The average Bonchev–Trinajstić information content (AvgIpc) is 2.32. The molecular formula is C13H18FN2O+. The predicted octanol–water partition coefficient (Wildman–Crippen LogP) is 0.106. The maximum absolute atomic E-state index is 13.5. The summed E-state index contributed by atoms with van der Waals surface area (Å²) in [5.74, 6) is -0.442. The molecule has 1 aliphatic heterocycles. The number of benzene rings is 1. The Hall–Kier alpha value is -1.42. The largest absolute Gasteiger partial charge is 0.369 e. The van der Waals surface area contributed by atoms with Gasteiger partial charge < -0.3 is 10.6 Å². The second-order valence-electron chi connectivity index (χ2n) is 4.71. The zero-order valence-electron chi connectivity index (χ0n) is 9.79. The number of quaternary nitrogens is 1. The van der Waals surface area contributed by atoms with Crippen LogP contribution in [0.2, 0.25) is 0 Å². The summed E-state index contributed by atoms with van der Waals surface area (Å²) >= 11 is 0. The molecule has 2 rings (SSSR count). The van der Waals surface area contributed by atoms with E-state index in [2.05, 4.69) is 0 Å². The molecule has 1 amide bonds. The molecule has 1 aliphatic rings. The fourth-order valence-electron chi connectivity index (χ4n) is 2.47. The van der Waals surface area contributed by atoms with Crippen LogP contribution in [0.4, 0.5) is 4.39 Å². The van der Waals surface area contributed by atoms with Crippen LogP contribution in [0.5, 0.6) is 0 Å². The Morgan fingerprint density at radius 3 is 2.94 bits per heavy atom. The average molecular weight is 237 g/mol. The molecule has 1 fully saturated rings. The minimum Gasteiger partial charge on any atom is -0.369 e. The minimum atomic E-state index is -0.226. The number of hydrogen-bond acceptors (Lipinski definition) is 1. The Morgan fingerprint density at radius 2 is 2.24 bits per heavy atom. The topological polar surface area (TPSA) is 47.5 Å². The molecule has 1 heterocycles. The number of carbonyl (C=O) groups excluding carboxylic acids is 1. The first kappa shape index (κ1) is 12.0. The van der Waals surface area contributed by atoms with E-state index in [1.807, 2.05) is 6.07 Å². The zero-order chi connectivity index (χ0) is 12.3. The number of amides is 1. The molecule has 0 saturated carbocycles. The van der Waals surface area contributed by atoms with Crippen LogP contribution in [0.25, 0.3) is 0 Å². The maximum Gasteiger partial charge on any atom is 0.226 e. The fraction of sp³-hybridized carbons (Fsp3) is 0.462. The van der Waals surface area contributed by atoms with Crippen molar-refractivity contribution in [3.05, 3.63) is 35.6 Å². The Bertz CT molecular complexity index is 408. The van der Waals surface area contributed by atoms with Crippen LogP contribution in [0, 0.1) is 11.7 Å². The summed E-state index contributed by atoms with van der Waals surface area (Å²) < 4.78 is 13.5. The summed E-state index contributed by atoms with van der Waals surface area (Å²) in [6.45, 7) is 2.35. The van der Waals surface area contributed by atoms with Crippen molar-refractivity contribution in [1.29, 1.82) is 0 Å². The number of hydrogen-bond donors (Lipinski definition) is 2. The lowest BCUT2D eigenvalue weighted by Gasteiger charge is -2.28. The van der Waals surface area contributed by atoms with E-state index in [0.717, 1.165) is 25.9 Å². The number of nitrogens with one attached hydrogen (secondary N) is 1. The molecule has 0 aliphatic carbocycles. The van der Waals surface area contributed by atoms with Gasteiger partial charge >= 0.3 is 0 Å². The number of primary amides is 1. The lowest BCUT2D eigenvalue weighted by atomic mass is 9.97. The molecule has 3 N–H and O–H groups in total. The molecule has 3 nitrogen and oxygen atoms in total. The van der Waals surface area contributed by atoms with Gasteiger partial charge in [0.1, 0.15) is 12.4 Å². The summed E-state index contributed by atoms with van der Waals surface area (Å²) in [6, 6.07) is 6.81. The van der Waals surface area contributed by atoms with Gasteiger partial charge in [-0.05, 0) is 18.9 Å². The van der Waals surface area contributed by atoms with Crippen LogP contribution in [0.15, 0.2) is 24.3 Å². The highest BCUT2D eigenvalue weighted by Gasteiger charge is 2.27. The van der Waals surface area contributed by atoms with Gasteiger partial charge in [-0.1, -0.05) is 18.2 Å². The third kappa shape index (κ3) is 3.03. The Balaban J connectivity index is 1.99. The molecule has 2 atom stereocenters. The number of rotatable bonds is 3. The van der Waals surface area contributed by atoms with Crippen molar-refractivity contribution in [2.75, 3.05) is 13.1 Å². The van der Waals surface area contributed by atoms with Crippen LogP contribution in [0.1, 0.15) is 18.4 Å². The quantitative estimate of drug-likeness (QED) is 0.770. The van der Waals surface area contributed by atoms with Crippen molar-refractivity contribution in [3.8, 4) is 0 Å². The molecule has 1 aromatic carbocycles. The smallest absolute Gasteiger partial charge is 0.226 e. The van der Waals surface area contributed by atoms with Gasteiger partial charge in [0.2, 0.25) is 5.91 Å². The molecule has 1 unspecified atom stereocenters. The molecule has 17 heavy (non-hydrogen) atoms. The number of nitrogens with two attached hydrogens (primary N) is 1. The molecule has 0 bridgehead atoms. The third-order valence-electron chi connectivity index (χ3n) is 3.42. The highest BCUT2D eigenvalue weighted by molar-refractivity contribution is 5.76. The molecule has 1 saturated heterocycles. The van der Waals surface area contributed by atoms with Gasteiger partial charge in [0.15, 0.2) is 0 Å². The maximum atomic E-state index is 13.5. The van der Waals surface area contributed by atoms with Crippen molar-refractivity contribution in [2.45, 2.75) is 19.4 Å². The standard InChI is InChI=1S/C13H17FN2O/c14-12-6-2-1-4-10(12)8-16-7-3-5-11(9-16)13(15)17/h1-2,4,6,11H,3,5,7-9H2,(H2,15,17)/p+1/t11-/m1/s1. The van der Waals surface area contributed by atoms with E-state index in [1.165, 1.54) is 11.0 Å². The summed E-state index contributed by atoms with van der Waals surface area (Å²) in [6.07, 6.45) is 1.85. The zero-order valence-corrected chi connectivity index (χ0v) is 9.79. The van der Waals surface area contributed by atoms with E-state index < -0.39 is 0 Å². The van der Waals surface area contributed by atoms with Crippen LogP contribution < -0.4 is 10.6 Å². The van der Waals surface area contributed by atoms with Crippen molar-refractivity contribution in [3.63, 3.8) is 0 Å². The van der Waals surface area contributed by atoms with Crippen LogP contribution >= 0.6 is 0 Å². The van der Waals surface area contributed by atoms with E-state index in [0.29, 0.717) is 12.1 Å². The Morgan fingerprint density at radius 1 is 1.47 bits per heavy atom. The lowest BCUT2D eigenvalue weighted by Crippen LogP contribution is -3.12. The van der Waals surface area contributed by atoms with Gasteiger partial charge in [-0.3, -0.25) is 4.79 Å². The third-order valence-corrected chi connectivity index (χ3v) is 3.42. The van der Waals surface area contributed by atoms with Crippen molar-refractivity contribution >= 4 is 5.91 Å². The molecule has 4 heteroatoms. The second kappa shape index (κ2) is 5.27. The van der Waals surface area contributed by atoms with Crippen LogP contribution in [0.3, 0.4) is 0 Å². The minimum absolute atomic E-state index is 0.0504. The molecule has 0 spiro atoms. The summed E-state index contributed by atoms with van der Waals surface area (Å²) in [7, 11) is 0. The van der Waals surface area contributed by atoms with Gasteiger partial charge in [-0.2, -0.15) is 0 Å². The fourth-order valence-corrected chi connectivity index (χ4v) is 2.47. The summed E-state index contributed by atoms with van der Waals surface area (Å²) in [5.41, 5.74) is 6.04. The first-order valence-corrected chi connectivity index (χ1v) is 6.03. The van der Waals surface area contributed by atoms with Gasteiger partial charge in [0.05, 0.1) is 19.0 Å². The number of carbonyl (C=O) groups is 1. The number of likely N-dealkylation sites (tertiary alicyclic amines) is 1. The molecule has 92 valence electrons. The van der Waals surface area contributed by atoms with Gasteiger partial charge in [-0.15, -0.1) is 0 Å². The number of piperidine rings is 1. The van der Waals surface area contributed by atoms with Crippen molar-refractivity contribution in [2.24, 2.45) is 11.7 Å². The Kier molecular flexibility index (Phi) is 3.74. The van der Waals surface area contributed by atoms with Crippen LogP contribution in [-0.2, 0) is 11.3 Å². The van der Waals surface area contributed by atoms with Gasteiger partial charge in [0.25, 0.3) is 0 Å². The van der Waals surface area contributed by atoms with Crippen LogP contribution in [-0.4, -0.2) is 19.0 Å². The van der Waals surface area contributed by atoms with E-state index >= 15 is 0 Å². The SMILES string of the molecule is NC(=O)[C@@H]1CCC[NH+](Cc2ccccc2F)C1. The van der Waals surface area contributed by atoms with E-state index in [1.54, 1.807) is 12.1 Å². The molecule has 1 aromatic rings. The first-order chi connectivity index (χ1) is 8.16. The number of halogens is 1. The lowest BCUT2D eigenvalue weighted by molar-refractivity contribution is -0.921. The normalized spacial score (nSPS) is 24.5.